The van der Waals surface area contributed by atoms with Crippen LogP contribution in [0.1, 0.15) is 11.1 Å². The lowest BCUT2D eigenvalue weighted by molar-refractivity contribution is -0.156. The molecular formula is C20H24F3N4O2P. The number of benzene rings is 2. The molecule has 0 aliphatic rings. The van der Waals surface area contributed by atoms with E-state index in [-0.39, 0.29) is 5.84 Å². The average Bonchev–Trinajstić information content (AvgIpc) is 2.76. The van der Waals surface area contributed by atoms with Crippen LogP contribution in [-0.2, 0) is 10.9 Å². The lowest BCUT2D eigenvalue weighted by Crippen LogP contribution is -2.20. The third-order valence-electron chi connectivity index (χ3n) is 3.42. The number of rotatable bonds is 5. The second-order valence-corrected chi connectivity index (χ2v) is 5.91. The van der Waals surface area contributed by atoms with Crippen LogP contribution in [-0.4, -0.2) is 45.5 Å². The van der Waals surface area contributed by atoms with Gasteiger partial charge in [0.05, 0.1) is 12.8 Å². The van der Waals surface area contributed by atoms with Gasteiger partial charge in [-0.1, -0.05) is 24.3 Å². The zero-order chi connectivity index (χ0) is 22.6. The van der Waals surface area contributed by atoms with E-state index in [2.05, 4.69) is 36.7 Å². The maximum Gasteiger partial charge on any atom is 0.422 e. The Morgan fingerprint density at radius 1 is 1.13 bits per heavy atom. The first-order valence-corrected chi connectivity index (χ1v) is 9.51. The molecular weight excluding hydrogens is 416 g/mol. The summed E-state index contributed by atoms with van der Waals surface area (Å²) in [5, 5.41) is 0. The molecule has 0 aliphatic heterocycles. The van der Waals surface area contributed by atoms with Crippen molar-refractivity contribution in [2.45, 2.75) is 12.3 Å². The number of hydrogen-bond acceptors (Lipinski definition) is 4. The third-order valence-corrected chi connectivity index (χ3v) is 3.89. The number of aliphatic imine (C=N–C) groups is 3. The summed E-state index contributed by atoms with van der Waals surface area (Å²) in [5.41, 5.74) is 6.35. The number of nitrogens with zero attached hydrogens (tertiary/aromatic N) is 3. The summed E-state index contributed by atoms with van der Waals surface area (Å²) in [7, 11) is 5.56. The molecule has 0 bridgehead atoms. The predicted molar refractivity (Wildman–Crippen MR) is 118 cm³/mol. The first-order valence-electron chi connectivity index (χ1n) is 8.69. The van der Waals surface area contributed by atoms with E-state index in [0.29, 0.717) is 23.2 Å². The number of nitrogens with two attached hydrogens (primary N) is 1. The number of methoxy groups -OCH3 is 1. The Hall–Kier alpha value is -2.77. The topological polar surface area (TPSA) is 81.6 Å². The van der Waals surface area contributed by atoms with E-state index in [0.717, 1.165) is 5.56 Å². The van der Waals surface area contributed by atoms with Crippen molar-refractivity contribution in [2.75, 3.05) is 20.8 Å². The number of amidine groups is 2. The highest BCUT2D eigenvalue weighted by Gasteiger charge is 2.29. The summed E-state index contributed by atoms with van der Waals surface area (Å²) in [5.74, 6) is 0.596. The van der Waals surface area contributed by atoms with Crippen LogP contribution >= 0.6 is 9.24 Å². The van der Waals surface area contributed by atoms with Crippen molar-refractivity contribution in [1.82, 2.24) is 0 Å². The number of alkyl halides is 3. The maximum atomic E-state index is 12.6. The quantitative estimate of drug-likeness (QED) is 0.426. The van der Waals surface area contributed by atoms with Crippen LogP contribution in [0.5, 0.6) is 5.75 Å². The predicted octanol–water partition coefficient (Wildman–Crippen LogP) is 4.36. The smallest absolute Gasteiger partial charge is 0.422 e. The summed E-state index contributed by atoms with van der Waals surface area (Å²) >= 11 is 0. The largest absolute Gasteiger partial charge is 0.497 e. The van der Waals surface area contributed by atoms with Crippen molar-refractivity contribution in [3.63, 3.8) is 0 Å². The minimum atomic E-state index is -4.53. The van der Waals surface area contributed by atoms with Crippen molar-refractivity contribution in [3.8, 4) is 5.75 Å². The highest BCUT2D eigenvalue weighted by atomic mass is 31.0. The minimum Gasteiger partial charge on any atom is -0.497 e. The van der Waals surface area contributed by atoms with Gasteiger partial charge in [0.2, 0.25) is 0 Å². The molecule has 2 N–H and O–H groups in total. The molecule has 6 nitrogen and oxygen atoms in total. The van der Waals surface area contributed by atoms with Gasteiger partial charge in [0.1, 0.15) is 5.75 Å². The molecule has 0 spiro atoms. The molecule has 2 aromatic carbocycles. The van der Waals surface area contributed by atoms with Gasteiger partial charge < -0.3 is 15.2 Å². The normalized spacial score (nSPS) is 12.0. The van der Waals surface area contributed by atoms with Crippen molar-refractivity contribution in [3.05, 3.63) is 59.7 Å². The summed E-state index contributed by atoms with van der Waals surface area (Å²) in [6, 6.07) is 13.2. The lowest BCUT2D eigenvalue weighted by atomic mass is 10.2. The summed E-state index contributed by atoms with van der Waals surface area (Å²) in [6.07, 6.45) is -3.86. The van der Waals surface area contributed by atoms with E-state index in [1.807, 2.05) is 6.07 Å². The van der Waals surface area contributed by atoms with E-state index in [9.17, 15) is 13.2 Å². The Bertz CT molecular complexity index is 886. The highest BCUT2D eigenvalue weighted by molar-refractivity contribution is 7.15. The molecule has 0 saturated heterocycles. The monoisotopic (exact) mass is 440 g/mol. The van der Waals surface area contributed by atoms with Gasteiger partial charge in [-0.2, -0.15) is 23.2 Å². The standard InChI is InChI=1S/C19H19F3N3O2P.CH5N/c1-23-17(14-6-4-8-16(10-14)26-2)25-18(27-12-19(20,21)22)24-15-7-3-5-13(9-15)11-28;1-2/h3-10H,1,11-12,28H2,2H3;2H2,1H3/b24-18?,25-17-;. The second-order valence-electron chi connectivity index (χ2n) is 5.50. The Kier molecular flexibility index (Phi) is 10.7. The molecule has 2 aromatic rings. The zero-order valence-corrected chi connectivity index (χ0v) is 17.8. The van der Waals surface area contributed by atoms with Crippen molar-refractivity contribution in [2.24, 2.45) is 20.7 Å². The fraction of sp³-hybridized carbons (Fsp3) is 0.250. The third kappa shape index (κ3) is 8.71. The van der Waals surface area contributed by atoms with Crippen LogP contribution in [0.2, 0.25) is 0 Å². The van der Waals surface area contributed by atoms with Gasteiger partial charge in [-0.3, -0.25) is 0 Å². The van der Waals surface area contributed by atoms with Crippen molar-refractivity contribution in [1.29, 1.82) is 0 Å². The fourth-order valence-electron chi connectivity index (χ4n) is 2.14. The fourth-order valence-corrected chi connectivity index (χ4v) is 2.40. The molecule has 0 saturated carbocycles. The van der Waals surface area contributed by atoms with Gasteiger partial charge in [0.25, 0.3) is 0 Å². The van der Waals surface area contributed by atoms with Gasteiger partial charge in [-0.15, -0.1) is 9.24 Å². The first kappa shape index (κ1) is 25.3. The molecule has 0 fully saturated rings. The number of hydrogen-bond donors (Lipinski definition) is 1. The van der Waals surface area contributed by atoms with Gasteiger partial charge in [0.15, 0.2) is 12.4 Å². The van der Waals surface area contributed by atoms with E-state index in [4.69, 9.17) is 9.47 Å². The molecule has 162 valence electrons. The average molecular weight is 440 g/mol. The molecule has 0 radical (unpaired) electrons. The highest BCUT2D eigenvalue weighted by Crippen LogP contribution is 2.20. The van der Waals surface area contributed by atoms with Crippen LogP contribution in [0, 0.1) is 0 Å². The van der Waals surface area contributed by atoms with Gasteiger partial charge in [-0.25, -0.2) is 4.99 Å². The SMILES string of the molecule is C=N/C(=N\C(=Nc1cccc(CP)c1)OCC(F)(F)F)c1cccc(OC)c1.CN. The zero-order valence-electron chi connectivity index (χ0n) is 16.7. The maximum absolute atomic E-state index is 12.6. The Labute approximate surface area is 175 Å². The number of halogens is 3. The van der Waals surface area contributed by atoms with Crippen molar-refractivity contribution >= 4 is 33.5 Å². The molecule has 30 heavy (non-hydrogen) atoms. The molecule has 1 unspecified atom stereocenters. The van der Waals surface area contributed by atoms with E-state index in [1.165, 1.54) is 14.2 Å². The molecule has 2 rings (SSSR count). The van der Waals surface area contributed by atoms with E-state index >= 15 is 0 Å². The second kappa shape index (κ2) is 12.7. The van der Waals surface area contributed by atoms with Gasteiger partial charge in [0, 0.05) is 5.56 Å². The Morgan fingerprint density at radius 3 is 2.43 bits per heavy atom. The van der Waals surface area contributed by atoms with Crippen LogP contribution in [0.15, 0.2) is 63.5 Å². The van der Waals surface area contributed by atoms with E-state index < -0.39 is 18.8 Å². The first-order chi connectivity index (χ1) is 14.3. The van der Waals surface area contributed by atoms with Crippen LogP contribution in [0.3, 0.4) is 0 Å². The van der Waals surface area contributed by atoms with Gasteiger partial charge >= 0.3 is 12.2 Å². The molecule has 0 aliphatic carbocycles. The summed E-state index contributed by atoms with van der Waals surface area (Å²) in [4.78, 5) is 11.9. The Balaban J connectivity index is 0.00000218. The molecule has 1 atom stereocenters. The van der Waals surface area contributed by atoms with Crippen LogP contribution in [0.4, 0.5) is 18.9 Å². The molecule has 0 heterocycles. The van der Waals surface area contributed by atoms with Crippen LogP contribution < -0.4 is 10.5 Å². The van der Waals surface area contributed by atoms with Gasteiger partial charge in [-0.05, 0) is 49.8 Å². The van der Waals surface area contributed by atoms with Crippen molar-refractivity contribution < 1.29 is 22.6 Å². The molecule has 10 heteroatoms. The van der Waals surface area contributed by atoms with Crippen LogP contribution in [0.25, 0.3) is 0 Å². The molecule has 0 amide bonds. The molecule has 0 aromatic heterocycles. The minimum absolute atomic E-state index is 0.0574. The summed E-state index contributed by atoms with van der Waals surface area (Å²) in [6.45, 7) is 1.91. The lowest BCUT2D eigenvalue weighted by Gasteiger charge is -2.10. The summed E-state index contributed by atoms with van der Waals surface area (Å²) < 4.78 is 47.8. The Morgan fingerprint density at radius 2 is 1.83 bits per heavy atom. The number of ether oxygens (including phenoxy) is 2. The van der Waals surface area contributed by atoms with E-state index in [1.54, 1.807) is 42.5 Å².